The lowest BCUT2D eigenvalue weighted by Crippen LogP contribution is -2.30. The summed E-state index contributed by atoms with van der Waals surface area (Å²) in [6, 6.07) is 8.31. The summed E-state index contributed by atoms with van der Waals surface area (Å²) < 4.78 is 0. The lowest BCUT2D eigenvalue weighted by molar-refractivity contribution is 0.270. The zero-order valence-electron chi connectivity index (χ0n) is 18.7. The molecule has 2 aliphatic carbocycles. The molecule has 28 heavy (non-hydrogen) atoms. The van der Waals surface area contributed by atoms with Crippen molar-refractivity contribution in [2.75, 3.05) is 25.5 Å². The largest absolute Gasteiger partial charge is 0.388 e. The molecule has 1 aromatic rings. The van der Waals surface area contributed by atoms with Gasteiger partial charge in [-0.25, -0.2) is 0 Å². The van der Waals surface area contributed by atoms with E-state index in [1.54, 1.807) is 11.1 Å². The van der Waals surface area contributed by atoms with E-state index in [0.29, 0.717) is 0 Å². The Balaban J connectivity index is 0.000000260. The predicted molar refractivity (Wildman–Crippen MR) is 127 cm³/mol. The van der Waals surface area contributed by atoms with Crippen molar-refractivity contribution in [3.05, 3.63) is 66.3 Å². The maximum absolute atomic E-state index is 3.47. The molecule has 2 heteroatoms. The van der Waals surface area contributed by atoms with Crippen LogP contribution in [0.4, 0.5) is 5.69 Å². The molecule has 4 rings (SSSR count). The molecule has 0 radical (unpaired) electrons. The first kappa shape index (κ1) is 24.2. The van der Waals surface area contributed by atoms with Crippen molar-refractivity contribution >= 4 is 5.69 Å². The van der Waals surface area contributed by atoms with Crippen LogP contribution in [0.1, 0.15) is 57.9 Å². The van der Waals surface area contributed by atoms with Crippen molar-refractivity contribution in [1.29, 1.82) is 0 Å². The molecule has 0 unspecified atom stereocenters. The molecule has 1 heterocycles. The first-order valence-electron chi connectivity index (χ1n) is 11.1. The number of rotatable bonds is 2. The van der Waals surface area contributed by atoms with Crippen LogP contribution in [-0.4, -0.2) is 20.1 Å². The highest BCUT2D eigenvalue weighted by Crippen LogP contribution is 2.43. The molecule has 0 spiro atoms. The number of anilines is 1. The second-order valence-corrected chi connectivity index (χ2v) is 7.41. The molecule has 0 atom stereocenters. The lowest BCUT2D eigenvalue weighted by Gasteiger charge is -2.27. The van der Waals surface area contributed by atoms with Gasteiger partial charge >= 0.3 is 0 Å². The third kappa shape index (κ3) is 7.67. The van der Waals surface area contributed by atoms with E-state index >= 15 is 0 Å². The maximum atomic E-state index is 3.47. The van der Waals surface area contributed by atoms with Crippen LogP contribution in [0.15, 0.2) is 60.7 Å². The zero-order valence-corrected chi connectivity index (χ0v) is 18.7. The van der Waals surface area contributed by atoms with Crippen molar-refractivity contribution in [2.24, 2.45) is 11.8 Å². The van der Waals surface area contributed by atoms with Gasteiger partial charge in [0.2, 0.25) is 0 Å². The minimum absolute atomic E-state index is 0.975. The summed E-state index contributed by atoms with van der Waals surface area (Å²) in [7, 11) is 1.92. The smallest absolute Gasteiger partial charge is 0.0337 e. The van der Waals surface area contributed by atoms with Crippen LogP contribution >= 0.6 is 0 Å². The van der Waals surface area contributed by atoms with E-state index in [1.165, 1.54) is 62.9 Å². The lowest BCUT2D eigenvalue weighted by atomic mass is 9.83. The molecule has 1 saturated carbocycles. The minimum atomic E-state index is 0.975. The fraction of sp³-hybridized carbons (Fsp3) is 0.538. The monoisotopic (exact) mass is 382 g/mol. The molecule has 2 fully saturated rings. The van der Waals surface area contributed by atoms with Gasteiger partial charge in [-0.2, -0.15) is 0 Å². The average molecular weight is 383 g/mol. The number of hydrogen-bond donors (Lipinski definition) is 2. The third-order valence-electron chi connectivity index (χ3n) is 5.72. The fourth-order valence-corrected chi connectivity index (χ4v) is 4.21. The van der Waals surface area contributed by atoms with Gasteiger partial charge in [0.15, 0.2) is 0 Å². The second-order valence-electron chi connectivity index (χ2n) is 7.41. The molecule has 0 aromatic heterocycles. The van der Waals surface area contributed by atoms with Crippen LogP contribution in [0, 0.1) is 18.8 Å². The van der Waals surface area contributed by atoms with Crippen molar-refractivity contribution in [2.45, 2.75) is 59.3 Å². The van der Waals surface area contributed by atoms with Gasteiger partial charge in [-0.1, -0.05) is 43.7 Å². The fourth-order valence-electron chi connectivity index (χ4n) is 4.21. The van der Waals surface area contributed by atoms with Gasteiger partial charge in [0.1, 0.15) is 0 Å². The third-order valence-corrected chi connectivity index (χ3v) is 5.72. The molecule has 0 amide bonds. The van der Waals surface area contributed by atoms with Crippen LogP contribution in [0.3, 0.4) is 0 Å². The highest BCUT2D eigenvalue weighted by Gasteiger charge is 2.31. The minimum Gasteiger partial charge on any atom is -0.388 e. The number of piperidine rings is 1. The van der Waals surface area contributed by atoms with Gasteiger partial charge in [0.05, 0.1) is 0 Å². The molecule has 0 bridgehead atoms. The molecule has 2 nitrogen and oxygen atoms in total. The van der Waals surface area contributed by atoms with Crippen molar-refractivity contribution in [3.8, 4) is 0 Å². The van der Waals surface area contributed by atoms with Gasteiger partial charge in [-0.05, 0) is 93.7 Å². The van der Waals surface area contributed by atoms with Gasteiger partial charge in [0.25, 0.3) is 0 Å². The molecule has 1 aromatic carbocycles. The van der Waals surface area contributed by atoms with E-state index in [4.69, 9.17) is 0 Å². The summed E-state index contributed by atoms with van der Waals surface area (Å²) >= 11 is 0. The molecule has 2 N–H and O–H groups in total. The van der Waals surface area contributed by atoms with Crippen molar-refractivity contribution in [1.82, 2.24) is 5.32 Å². The van der Waals surface area contributed by atoms with E-state index in [1.807, 2.05) is 20.9 Å². The Hall–Kier alpha value is -1.80. The average Bonchev–Trinajstić information content (AvgIpc) is 3.23. The van der Waals surface area contributed by atoms with Gasteiger partial charge in [-0.15, -0.1) is 13.2 Å². The first-order valence-corrected chi connectivity index (χ1v) is 11.1. The topological polar surface area (TPSA) is 24.1 Å². The summed E-state index contributed by atoms with van der Waals surface area (Å²) in [6.45, 7) is 14.6. The Kier molecular flexibility index (Phi) is 12.3. The zero-order chi connectivity index (χ0) is 20.8. The van der Waals surface area contributed by atoms with Crippen molar-refractivity contribution in [3.63, 3.8) is 0 Å². The Bertz CT molecular complexity index is 569. The highest BCUT2D eigenvalue weighted by molar-refractivity contribution is 5.43. The summed E-state index contributed by atoms with van der Waals surface area (Å²) in [4.78, 5) is 0. The van der Waals surface area contributed by atoms with Gasteiger partial charge < -0.3 is 10.6 Å². The summed E-state index contributed by atoms with van der Waals surface area (Å²) in [5.41, 5.74) is 5.86. The molecule has 3 aliphatic rings. The Morgan fingerprint density at radius 2 is 1.36 bits per heavy atom. The van der Waals surface area contributed by atoms with Crippen LogP contribution in [0.5, 0.6) is 0 Å². The molecular weight excluding hydrogens is 340 g/mol. The number of benzene rings is 1. The van der Waals surface area contributed by atoms with Crippen LogP contribution in [0.25, 0.3) is 0 Å². The Labute approximate surface area is 174 Å². The van der Waals surface area contributed by atoms with E-state index < -0.39 is 0 Å². The number of aryl methyl sites for hydroxylation is 1. The van der Waals surface area contributed by atoms with Gasteiger partial charge in [0, 0.05) is 12.7 Å². The van der Waals surface area contributed by atoms with Crippen LogP contribution < -0.4 is 10.6 Å². The Morgan fingerprint density at radius 1 is 0.857 bits per heavy atom. The number of fused-ring (bicyclic) bond motifs is 1. The summed E-state index contributed by atoms with van der Waals surface area (Å²) in [5.74, 6) is 1.97. The van der Waals surface area contributed by atoms with E-state index in [0.717, 1.165) is 11.8 Å². The standard InChI is InChI=1S/C14H21N.C8H11N.C2H6.C2H4/c1-2-4-13-10-14(9-12(13)3-1)11-5-7-15-8-6-11;1-7-3-5-8(9-2)6-4-7;2*1-2/h3-4,11,14-15H,1-2,5-10H2;3-6,9H,1-2H3;1-2H3;1-2H2. The van der Waals surface area contributed by atoms with Crippen LogP contribution in [-0.2, 0) is 0 Å². The van der Waals surface area contributed by atoms with E-state index in [9.17, 15) is 0 Å². The SMILES string of the molecule is C1=C2CC(C3CCNCC3)CC2=CCC1.C=C.CC.CNc1ccc(C)cc1. The summed E-state index contributed by atoms with van der Waals surface area (Å²) in [5, 5.41) is 6.53. The first-order chi connectivity index (χ1) is 13.8. The van der Waals surface area contributed by atoms with E-state index in [2.05, 4.69) is 67.1 Å². The van der Waals surface area contributed by atoms with Gasteiger partial charge in [-0.3, -0.25) is 0 Å². The van der Waals surface area contributed by atoms with Crippen molar-refractivity contribution < 1.29 is 0 Å². The highest BCUT2D eigenvalue weighted by atomic mass is 14.9. The molecule has 156 valence electrons. The Morgan fingerprint density at radius 3 is 1.82 bits per heavy atom. The molecular formula is C26H42N2. The number of hydrogen-bond acceptors (Lipinski definition) is 2. The summed E-state index contributed by atoms with van der Waals surface area (Å²) in [6.07, 6.45) is 13.2. The normalized spacial score (nSPS) is 18.6. The number of allylic oxidation sites excluding steroid dienone is 4. The van der Waals surface area contributed by atoms with Crippen LogP contribution in [0.2, 0.25) is 0 Å². The maximum Gasteiger partial charge on any atom is 0.0337 e. The number of nitrogens with one attached hydrogen (secondary N) is 2. The van der Waals surface area contributed by atoms with E-state index in [-0.39, 0.29) is 0 Å². The predicted octanol–water partition coefficient (Wildman–Crippen LogP) is 6.91. The molecule has 1 saturated heterocycles. The molecule has 1 aliphatic heterocycles. The second kappa shape index (κ2) is 14.2. The quantitative estimate of drug-likeness (QED) is 0.543.